The Balaban J connectivity index is 1.51. The number of carbonyl (C=O) groups is 1. The number of benzene rings is 2. The van der Waals surface area contributed by atoms with Gasteiger partial charge in [0.2, 0.25) is 11.7 Å². The van der Waals surface area contributed by atoms with Crippen LogP contribution in [0.1, 0.15) is 24.8 Å². The number of aromatic nitrogens is 2. The Bertz CT molecular complexity index is 960. The predicted molar refractivity (Wildman–Crippen MR) is 98.8 cm³/mol. The molecule has 0 aliphatic carbocycles. The zero-order valence-corrected chi connectivity index (χ0v) is 15.0. The maximum absolute atomic E-state index is 13.1. The number of urea groups is 1. The molecular formula is C19H16ClFN4O2. The molecule has 2 heterocycles. The molecule has 1 saturated heterocycles. The van der Waals surface area contributed by atoms with Crippen molar-refractivity contribution in [2.24, 2.45) is 0 Å². The number of hydrogen-bond acceptors (Lipinski definition) is 4. The van der Waals surface area contributed by atoms with E-state index in [1.165, 1.54) is 12.1 Å². The molecule has 0 saturated carbocycles. The van der Waals surface area contributed by atoms with Crippen molar-refractivity contribution in [3.63, 3.8) is 0 Å². The highest BCUT2D eigenvalue weighted by Gasteiger charge is 2.34. The van der Waals surface area contributed by atoms with Gasteiger partial charge in [-0.3, -0.25) is 0 Å². The van der Waals surface area contributed by atoms with E-state index in [-0.39, 0.29) is 17.9 Å². The van der Waals surface area contributed by atoms with Gasteiger partial charge in [-0.1, -0.05) is 22.8 Å². The molecule has 27 heavy (non-hydrogen) atoms. The first-order valence-corrected chi connectivity index (χ1v) is 8.91. The van der Waals surface area contributed by atoms with Gasteiger partial charge in [0, 0.05) is 22.8 Å². The third-order valence-electron chi connectivity index (χ3n) is 4.42. The molecule has 1 aliphatic rings. The first kappa shape index (κ1) is 17.5. The quantitative estimate of drug-likeness (QED) is 0.695. The van der Waals surface area contributed by atoms with Crippen LogP contribution < -0.4 is 5.32 Å². The number of carbonyl (C=O) groups excluding carboxylic acids is 1. The highest BCUT2D eigenvalue weighted by Crippen LogP contribution is 2.32. The maximum atomic E-state index is 13.1. The fraction of sp³-hybridized carbons (Fsp3) is 0.211. The molecule has 6 nitrogen and oxygen atoms in total. The average molecular weight is 387 g/mol. The number of nitrogens with zero attached hydrogens (tertiary/aromatic N) is 3. The Labute approximate surface area is 159 Å². The SMILES string of the molecule is O=C(Nc1cccc(Cl)c1)N1CCC[C@H]1c1nc(-c2ccc(F)cc2)no1. The van der Waals surface area contributed by atoms with Crippen molar-refractivity contribution in [3.05, 3.63) is 65.3 Å². The van der Waals surface area contributed by atoms with Crippen molar-refractivity contribution in [2.75, 3.05) is 11.9 Å². The number of likely N-dealkylation sites (tertiary alicyclic amines) is 1. The van der Waals surface area contributed by atoms with Crippen molar-refractivity contribution in [1.82, 2.24) is 15.0 Å². The summed E-state index contributed by atoms with van der Waals surface area (Å²) >= 11 is 5.96. The molecule has 2 aromatic carbocycles. The van der Waals surface area contributed by atoms with E-state index in [2.05, 4.69) is 15.5 Å². The number of rotatable bonds is 3. The Morgan fingerprint density at radius 2 is 2.07 bits per heavy atom. The number of hydrogen-bond donors (Lipinski definition) is 1. The van der Waals surface area contributed by atoms with E-state index in [1.807, 2.05) is 0 Å². The molecule has 2 amide bonds. The minimum Gasteiger partial charge on any atom is -0.337 e. The van der Waals surface area contributed by atoms with Crippen LogP contribution >= 0.6 is 11.6 Å². The smallest absolute Gasteiger partial charge is 0.322 e. The Hall–Kier alpha value is -2.93. The van der Waals surface area contributed by atoms with Crippen molar-refractivity contribution in [3.8, 4) is 11.4 Å². The molecule has 8 heteroatoms. The Morgan fingerprint density at radius 3 is 2.85 bits per heavy atom. The van der Waals surface area contributed by atoms with Crippen molar-refractivity contribution >= 4 is 23.3 Å². The lowest BCUT2D eigenvalue weighted by Crippen LogP contribution is -2.34. The fourth-order valence-electron chi connectivity index (χ4n) is 3.11. The van der Waals surface area contributed by atoms with E-state index in [0.29, 0.717) is 34.5 Å². The minimum absolute atomic E-state index is 0.249. The van der Waals surface area contributed by atoms with Gasteiger partial charge in [-0.25, -0.2) is 9.18 Å². The molecule has 138 valence electrons. The van der Waals surface area contributed by atoms with Gasteiger partial charge in [-0.2, -0.15) is 4.98 Å². The Kier molecular flexibility index (Phi) is 4.77. The monoisotopic (exact) mass is 386 g/mol. The van der Waals surface area contributed by atoms with Crippen LogP contribution in [0.25, 0.3) is 11.4 Å². The molecule has 0 spiro atoms. The second-order valence-electron chi connectivity index (χ2n) is 6.26. The number of anilines is 1. The summed E-state index contributed by atoms with van der Waals surface area (Å²) in [6.07, 6.45) is 1.57. The lowest BCUT2D eigenvalue weighted by Gasteiger charge is -2.22. The third-order valence-corrected chi connectivity index (χ3v) is 4.65. The van der Waals surface area contributed by atoms with Gasteiger partial charge in [0.15, 0.2) is 0 Å². The maximum Gasteiger partial charge on any atom is 0.322 e. The number of halogens is 2. The number of nitrogens with one attached hydrogen (secondary N) is 1. The van der Waals surface area contributed by atoms with Gasteiger partial charge in [0.25, 0.3) is 0 Å². The summed E-state index contributed by atoms with van der Waals surface area (Å²) in [5.74, 6) is 0.405. The van der Waals surface area contributed by atoms with Crippen LogP contribution in [-0.2, 0) is 0 Å². The van der Waals surface area contributed by atoms with E-state index in [9.17, 15) is 9.18 Å². The third kappa shape index (κ3) is 3.78. The standard InChI is InChI=1S/C19H16ClFN4O2/c20-13-3-1-4-15(11-13)22-19(26)25-10-2-5-16(25)18-23-17(24-27-18)12-6-8-14(21)9-7-12/h1,3-4,6-9,11,16H,2,5,10H2,(H,22,26)/t16-/m0/s1. The summed E-state index contributed by atoms with van der Waals surface area (Å²) in [7, 11) is 0. The van der Waals surface area contributed by atoms with Crippen LogP contribution in [0, 0.1) is 5.82 Å². The first-order chi connectivity index (χ1) is 13.1. The molecule has 4 rings (SSSR count). The second-order valence-corrected chi connectivity index (χ2v) is 6.69. The highest BCUT2D eigenvalue weighted by molar-refractivity contribution is 6.30. The van der Waals surface area contributed by atoms with Crippen molar-refractivity contribution < 1.29 is 13.7 Å². The van der Waals surface area contributed by atoms with Gasteiger partial charge >= 0.3 is 6.03 Å². The van der Waals surface area contributed by atoms with E-state index >= 15 is 0 Å². The van der Waals surface area contributed by atoms with Gasteiger partial charge in [-0.15, -0.1) is 0 Å². The fourth-order valence-corrected chi connectivity index (χ4v) is 3.31. The lowest BCUT2D eigenvalue weighted by molar-refractivity contribution is 0.193. The molecule has 1 atom stereocenters. The van der Waals surface area contributed by atoms with E-state index in [4.69, 9.17) is 16.1 Å². The van der Waals surface area contributed by atoms with Crippen LogP contribution in [0.5, 0.6) is 0 Å². The van der Waals surface area contributed by atoms with E-state index in [1.54, 1.807) is 41.3 Å². The second kappa shape index (κ2) is 7.36. The molecule has 1 N–H and O–H groups in total. The zero-order chi connectivity index (χ0) is 18.8. The molecular weight excluding hydrogens is 371 g/mol. The Morgan fingerprint density at radius 1 is 1.26 bits per heavy atom. The largest absolute Gasteiger partial charge is 0.337 e. The van der Waals surface area contributed by atoms with Crippen LogP contribution in [0.3, 0.4) is 0 Å². The van der Waals surface area contributed by atoms with E-state index in [0.717, 1.165) is 12.8 Å². The molecule has 1 aliphatic heterocycles. The highest BCUT2D eigenvalue weighted by atomic mass is 35.5. The summed E-state index contributed by atoms with van der Waals surface area (Å²) in [5, 5.41) is 7.35. The van der Waals surface area contributed by atoms with Crippen LogP contribution in [0.4, 0.5) is 14.9 Å². The number of amides is 2. The molecule has 0 radical (unpaired) electrons. The normalized spacial score (nSPS) is 16.5. The van der Waals surface area contributed by atoms with Crippen molar-refractivity contribution in [1.29, 1.82) is 0 Å². The topological polar surface area (TPSA) is 71.3 Å². The van der Waals surface area contributed by atoms with Gasteiger partial charge in [0.1, 0.15) is 11.9 Å². The first-order valence-electron chi connectivity index (χ1n) is 8.53. The molecule has 0 unspecified atom stereocenters. The lowest BCUT2D eigenvalue weighted by atomic mass is 10.2. The minimum atomic E-state index is -0.331. The summed E-state index contributed by atoms with van der Waals surface area (Å²) in [6, 6.07) is 12.3. The van der Waals surface area contributed by atoms with Gasteiger partial charge < -0.3 is 14.7 Å². The predicted octanol–water partition coefficient (Wildman–Crippen LogP) is 4.90. The molecule has 0 bridgehead atoms. The van der Waals surface area contributed by atoms with E-state index < -0.39 is 0 Å². The van der Waals surface area contributed by atoms with Crippen LogP contribution in [-0.4, -0.2) is 27.6 Å². The van der Waals surface area contributed by atoms with Crippen LogP contribution in [0.15, 0.2) is 53.1 Å². The summed E-state index contributed by atoms with van der Waals surface area (Å²) in [6.45, 7) is 0.589. The van der Waals surface area contributed by atoms with Crippen molar-refractivity contribution in [2.45, 2.75) is 18.9 Å². The van der Waals surface area contributed by atoms with Crippen LogP contribution in [0.2, 0.25) is 5.02 Å². The van der Waals surface area contributed by atoms with Gasteiger partial charge in [0.05, 0.1) is 0 Å². The average Bonchev–Trinajstić information content (AvgIpc) is 3.31. The summed E-state index contributed by atoms with van der Waals surface area (Å²) < 4.78 is 18.5. The molecule has 1 aromatic heterocycles. The zero-order valence-electron chi connectivity index (χ0n) is 14.2. The summed E-state index contributed by atoms with van der Waals surface area (Å²) in [5.41, 5.74) is 1.27. The molecule has 1 fully saturated rings. The molecule has 3 aromatic rings. The summed E-state index contributed by atoms with van der Waals surface area (Å²) in [4.78, 5) is 18.7. The van der Waals surface area contributed by atoms with Gasteiger partial charge in [-0.05, 0) is 55.3 Å².